The number of halogens is 3. The summed E-state index contributed by atoms with van der Waals surface area (Å²) in [6.45, 7) is 5.01. The lowest BCUT2D eigenvalue weighted by Gasteiger charge is -2.50. The summed E-state index contributed by atoms with van der Waals surface area (Å²) in [5.74, 6) is -19.2. The van der Waals surface area contributed by atoms with Crippen molar-refractivity contribution in [1.82, 2.24) is 57.7 Å². The van der Waals surface area contributed by atoms with Crippen molar-refractivity contribution in [3.05, 3.63) is 168 Å². The molecule has 3 fully saturated rings. The van der Waals surface area contributed by atoms with Gasteiger partial charge in [0.25, 0.3) is 11.8 Å². The number of carbonyl (C=O) groups excluding carboxylic acids is 11. The lowest BCUT2D eigenvalue weighted by Crippen LogP contribution is -2.71. The van der Waals surface area contributed by atoms with Gasteiger partial charge in [0.15, 0.2) is 53.7 Å². The van der Waals surface area contributed by atoms with Crippen LogP contribution in [0.1, 0.15) is 116 Å². The predicted octanol–water partition coefficient (Wildman–Crippen LogP) is -1.23. The molecule has 16 rings (SSSR count). The fourth-order valence-corrected chi connectivity index (χ4v) is 19.3. The molecule has 718 valence electrons. The van der Waals surface area contributed by atoms with Crippen molar-refractivity contribution in [1.29, 1.82) is 0 Å². The fourth-order valence-electron chi connectivity index (χ4n) is 16.5. The third kappa shape index (κ3) is 20.9. The minimum absolute atomic E-state index is 0.00130. The number of aliphatic hydroxyl groups excluding tert-OH is 6. The number of β-lactam (4-membered cyclic amide) rings is 1. The van der Waals surface area contributed by atoms with Gasteiger partial charge in [0, 0.05) is 53.6 Å². The Morgan fingerprint density at radius 2 is 1.42 bits per heavy atom. The Balaban J connectivity index is 0.869. The van der Waals surface area contributed by atoms with Crippen molar-refractivity contribution in [2.45, 2.75) is 181 Å². The number of primary amides is 1. The second kappa shape index (κ2) is 40.7. The Morgan fingerprint density at radius 3 is 2.03 bits per heavy atom. The highest BCUT2D eigenvalue weighted by Crippen LogP contribution is 2.51. The number of amides is 10. The number of benzene rings is 5. The van der Waals surface area contributed by atoms with Gasteiger partial charge in [0.2, 0.25) is 59.3 Å². The highest BCUT2D eigenvalue weighted by molar-refractivity contribution is 8.00. The molecule has 0 radical (unpaired) electrons. The standard InChI is InChI=1S/C86H93Cl3N16O28S2/c1-31(2)17-45(93-5)73(116)99-61-65(111)34-7-11-48(43(87)18-34)129-50-20-36-21-51(69(50)133-84-70(68(114)67(113)52(29-106)131-84)132-54-26-86(4,92)71(115)32(3)128-54)130-49-12-8-35(19-44(49)88)66(112)62-80(123)98-58(42-23-39(108)24-47(109)55(42)41-22-38(107)9-10-40(41)57(77(120)100-62)97-76(119)56(36)96-74(117)46(25-53(90)110)95-79(61)122)75(118)94-27-33-13-15-104(16-14-33)28-37-30-134-82-63(81(124)105(82)64(37)83(125)126)101-78(121)60(103-127-6)59-72(89)135-85(91)102-59/h7-16,18-24,31-32,45-46,52,54,56-58,61-63,65-68,70-71,82,84,93,106,111-115H,17,25-30,92H2,1-6H3,(H15-,90,91,94,95,96,97,98,99,100,101,102,107,108,109,110,116,117,118,119,120,121,122,123,125,126)/b103-60+/t32-,45-,46+,52+,54-,56-,57-,58?,61-,62+,63-,65-,66-,67+,68-,70+,71+,82?,84-,86-/m1/s1. The number of pyridine rings is 1. The van der Waals surface area contributed by atoms with E-state index in [1.165, 1.54) is 62.1 Å². The minimum atomic E-state index is -2.45. The number of hydrogen-bond acceptors (Lipinski definition) is 35. The lowest BCUT2D eigenvalue weighted by atomic mass is 9.86. The number of hydrogen-bond donors (Lipinski definition) is 21. The van der Waals surface area contributed by atoms with E-state index in [9.17, 15) is 75.0 Å². The number of nitrogens with zero attached hydrogens (tertiary/aromatic N) is 4. The number of nitrogens with one attached hydrogen (secondary N) is 9. The van der Waals surface area contributed by atoms with E-state index in [4.69, 9.17) is 85.3 Å². The monoisotopic (exact) mass is 1970 g/mol. The Bertz CT molecular complexity index is 5940. The molecule has 11 heterocycles. The molecule has 44 nitrogen and oxygen atoms in total. The first-order valence-electron chi connectivity index (χ1n) is 41.7. The number of phenolic OH excluding ortho intramolecular Hbond substituents is 3. The molecule has 24 N–H and O–H groups in total. The van der Waals surface area contributed by atoms with Crippen LogP contribution in [-0.4, -0.2) is 243 Å². The average molecular weight is 1970 g/mol. The summed E-state index contributed by atoms with van der Waals surface area (Å²) in [7, 11) is 2.62. The van der Waals surface area contributed by atoms with Gasteiger partial charge in [0.05, 0.1) is 53.0 Å². The number of oxime groups is 1. The van der Waals surface area contributed by atoms with E-state index in [2.05, 4.69) is 58.0 Å². The molecule has 20 atom stereocenters. The number of aromatic hydroxyl groups is 3. The first-order chi connectivity index (χ1) is 64.0. The molecular formula is C86H93Cl3N16O28S2. The quantitative estimate of drug-likeness (QED) is 0.0164. The number of rotatable bonds is 22. The van der Waals surface area contributed by atoms with Crippen molar-refractivity contribution in [3.63, 3.8) is 0 Å². The predicted molar refractivity (Wildman–Crippen MR) is 472 cm³/mol. The number of carbonyl (C=O) groups is 11. The number of nitrogens with two attached hydrogens (primary N) is 3. The molecule has 9 bridgehead atoms. The topological polar surface area (TPSA) is 676 Å². The number of phenols is 3. The first-order valence-corrected chi connectivity index (χ1v) is 44.7. The summed E-state index contributed by atoms with van der Waals surface area (Å²) in [5, 5.41) is 144. The zero-order valence-electron chi connectivity index (χ0n) is 72.1. The molecule has 2 aromatic heterocycles. The smallest absolute Gasteiger partial charge is 0.276 e. The molecular weight excluding hydrogens is 1880 g/mol. The third-order valence-electron chi connectivity index (χ3n) is 23.3. The number of ether oxygens (including phenoxy) is 6. The molecule has 49 heteroatoms. The van der Waals surface area contributed by atoms with Crippen LogP contribution in [0.3, 0.4) is 0 Å². The summed E-state index contributed by atoms with van der Waals surface area (Å²) < 4.78 is 40.3. The van der Waals surface area contributed by atoms with Crippen molar-refractivity contribution in [2.75, 3.05) is 32.3 Å². The molecule has 0 saturated carbocycles. The van der Waals surface area contributed by atoms with Gasteiger partial charge < -0.3 is 154 Å². The molecule has 135 heavy (non-hydrogen) atoms. The highest BCUT2D eigenvalue weighted by atomic mass is 35.5. The minimum Gasteiger partial charge on any atom is -0.543 e. The molecule has 3 saturated heterocycles. The molecule has 5 aromatic carbocycles. The average Bonchev–Trinajstić information content (AvgIpc) is 0.903. The van der Waals surface area contributed by atoms with E-state index in [0.717, 1.165) is 102 Å². The number of aliphatic hydroxyl groups is 6. The van der Waals surface area contributed by atoms with Gasteiger partial charge in [-0.15, -0.1) is 11.8 Å². The summed E-state index contributed by atoms with van der Waals surface area (Å²) in [6, 6.07) is 0.635. The van der Waals surface area contributed by atoms with Crippen molar-refractivity contribution in [3.8, 4) is 57.1 Å². The number of thioether (sulfide) groups is 1. The maximum absolute atomic E-state index is 16.6. The van der Waals surface area contributed by atoms with E-state index in [1.807, 2.05) is 0 Å². The van der Waals surface area contributed by atoms with E-state index in [-0.39, 0.29) is 68.7 Å². The van der Waals surface area contributed by atoms with Crippen LogP contribution in [0.25, 0.3) is 11.1 Å². The number of likely N-dealkylation sites (N-methyl/N-ethyl adjacent to an activating group) is 1. The maximum Gasteiger partial charge on any atom is 0.276 e. The largest absolute Gasteiger partial charge is 0.543 e. The number of carboxylic acid groups (broad SMARTS) is 1. The summed E-state index contributed by atoms with van der Waals surface area (Å²) in [5.41, 5.74) is 13.3. The molecule has 7 aromatic rings. The normalized spacial score (nSPS) is 27.2. The molecule has 9 aliphatic rings. The second-order valence-corrected chi connectivity index (χ2v) is 36.9. The maximum atomic E-state index is 16.6. The number of carboxylic acids is 1. The third-order valence-corrected chi connectivity index (χ3v) is 26.3. The van der Waals surface area contributed by atoms with Crippen molar-refractivity contribution < 1.29 is 142 Å². The van der Waals surface area contributed by atoms with Gasteiger partial charge in [-0.2, -0.15) is 0 Å². The van der Waals surface area contributed by atoms with Gasteiger partial charge in [-0.25, -0.2) is 9.55 Å². The van der Waals surface area contributed by atoms with Crippen LogP contribution in [0.5, 0.6) is 46.0 Å². The molecule has 10 amide bonds. The van der Waals surface area contributed by atoms with E-state index in [1.54, 1.807) is 13.8 Å². The van der Waals surface area contributed by atoms with Gasteiger partial charge in [0.1, 0.15) is 124 Å². The molecule has 9 aliphatic heterocycles. The van der Waals surface area contributed by atoms with Crippen molar-refractivity contribution in [2.24, 2.45) is 22.5 Å². The van der Waals surface area contributed by atoms with Gasteiger partial charge >= 0.3 is 0 Å². The van der Waals surface area contributed by atoms with Crippen LogP contribution in [0, 0.1) is 5.92 Å². The van der Waals surface area contributed by atoms with Crippen LogP contribution >= 0.6 is 57.9 Å². The van der Waals surface area contributed by atoms with Crippen LogP contribution in [0.4, 0.5) is 5.13 Å². The number of anilines is 1. The summed E-state index contributed by atoms with van der Waals surface area (Å²) in [4.78, 5) is 172. The zero-order valence-corrected chi connectivity index (χ0v) is 76.0. The lowest BCUT2D eigenvalue weighted by molar-refractivity contribution is -0.689. The molecule has 2 unspecified atom stereocenters. The molecule has 0 spiro atoms. The Hall–Kier alpha value is -12.4. The number of fused-ring (bicyclic) bond motifs is 15. The van der Waals surface area contributed by atoms with E-state index in [0.29, 0.717) is 5.56 Å². The van der Waals surface area contributed by atoms with E-state index >= 15 is 28.8 Å². The molecule has 0 aliphatic carbocycles. The van der Waals surface area contributed by atoms with Crippen LogP contribution < -0.4 is 88.9 Å². The SMILES string of the molecule is CN[C@H](CC(C)C)C(=O)N[C@H]1C(=O)N[C@@H](CC(N)=O)C(=O)N[C@H]2C(=O)N[C@H]3C(=O)N[C@H](C(=O)NC(C(=O)NCc4cc[n+](CC5=C(C(=O)[O-])N6C(=O)[C@@H](NC(=O)/C(=N/OC)c7nc(N)sc7Cl)C6SC5)cc4)c4cc(O)cc(O)c4-c4cc(O)ccc43)[C@H](O)c3ccc(c(Cl)c3)Oc3cc2cc(c3O[C@H]2O[C@@H](CO)[C@H](O)[C@@H](O)[C@@H]2O[C@@H]2C[C@@](C)(N)[C@@H](O)[C@@H](C)O2)Oc2ccc(cc2Cl)[C@H]1O. The highest BCUT2D eigenvalue weighted by Gasteiger charge is 2.55. The fraction of sp³-hybridized carbons (Fsp3) is 0.395. The van der Waals surface area contributed by atoms with Gasteiger partial charge in [-0.1, -0.05) is 83.3 Å². The Labute approximate surface area is 789 Å². The van der Waals surface area contributed by atoms with Crippen molar-refractivity contribution >= 4 is 134 Å². The zero-order chi connectivity index (χ0) is 97.5. The van der Waals surface area contributed by atoms with Gasteiger partial charge in [-0.3, -0.25) is 52.8 Å². The number of aliphatic carboxylic acids is 1. The summed E-state index contributed by atoms with van der Waals surface area (Å²) >= 11 is 22.6. The Morgan fingerprint density at radius 1 is 0.763 bits per heavy atom. The van der Waals surface area contributed by atoms with Crippen LogP contribution in [-0.2, 0) is 84.9 Å². The van der Waals surface area contributed by atoms with E-state index < -0.39 is 295 Å². The van der Waals surface area contributed by atoms with Crippen LogP contribution in [0.15, 0.2) is 120 Å². The van der Waals surface area contributed by atoms with Crippen LogP contribution in [0.2, 0.25) is 14.4 Å². The Kier molecular flexibility index (Phi) is 29.7. The summed E-state index contributed by atoms with van der Waals surface area (Å²) in [6.07, 6.45) is -16.2. The number of aromatic nitrogens is 2. The first kappa shape index (κ1) is 98.6. The number of nitrogen functional groups attached to an aromatic ring is 1. The second-order valence-electron chi connectivity index (χ2n) is 33.4. The number of thiazole rings is 1. The van der Waals surface area contributed by atoms with Gasteiger partial charge in [-0.05, 0) is 127 Å².